The Morgan fingerprint density at radius 3 is 0.750 bits per heavy atom. The Morgan fingerprint density at radius 1 is 0.333 bits per heavy atom. The zero-order chi connectivity index (χ0) is 18.0. The molecule has 0 nitrogen and oxygen atoms in total. The van der Waals surface area contributed by atoms with Gasteiger partial charge in [0.15, 0.2) is 0 Å². The molecular weight excluding hydrogens is 345 g/mol. The van der Waals surface area contributed by atoms with Crippen LogP contribution in [0, 0.1) is 0 Å². The minimum Gasteiger partial charge on any atom is -0.107 e. The fourth-order valence-corrected chi connectivity index (χ4v) is 11.7. The van der Waals surface area contributed by atoms with Crippen molar-refractivity contribution in [1.82, 2.24) is 0 Å². The zero-order valence-corrected chi connectivity index (χ0v) is 20.3. The van der Waals surface area contributed by atoms with Crippen molar-refractivity contribution in [2.75, 3.05) is 55.5 Å². The van der Waals surface area contributed by atoms with Crippen LogP contribution in [0.1, 0.15) is 79.6 Å². The van der Waals surface area contributed by atoms with Crippen molar-refractivity contribution >= 4 is 23.8 Å². The van der Waals surface area contributed by atoms with Crippen LogP contribution in [0.5, 0.6) is 0 Å². The molecule has 0 aromatic rings. The highest BCUT2D eigenvalue weighted by Crippen LogP contribution is 2.44. The minimum absolute atomic E-state index is 0.362. The van der Waals surface area contributed by atoms with Gasteiger partial charge in [0, 0.05) is 0 Å². The summed E-state index contributed by atoms with van der Waals surface area (Å²) in [5.41, 5.74) is 0. The summed E-state index contributed by atoms with van der Waals surface area (Å²) in [6.45, 7) is 11.9. The fraction of sp³-hybridized carbons (Fsp3) is 1.00. The van der Waals surface area contributed by atoms with Gasteiger partial charge in [0.2, 0.25) is 0 Å². The highest BCUT2D eigenvalue weighted by Gasteiger charge is 2.12. The number of rotatable bonds is 18. The Bertz CT molecular complexity index is 211. The Morgan fingerprint density at radius 2 is 0.542 bits per heavy atom. The SMILES string of the molecule is CCCP(CCC)CCCP(CCC)CCCP(CCC)CCC. The molecule has 3 heteroatoms. The summed E-state index contributed by atoms with van der Waals surface area (Å²) < 4.78 is 0. The Kier molecular flexibility index (Phi) is 20.1. The van der Waals surface area contributed by atoms with Crippen LogP contribution in [0.25, 0.3) is 0 Å². The van der Waals surface area contributed by atoms with Crippen molar-refractivity contribution in [2.45, 2.75) is 79.6 Å². The second-order valence-corrected chi connectivity index (χ2v) is 15.3. The van der Waals surface area contributed by atoms with Crippen LogP contribution in [0.2, 0.25) is 0 Å². The molecule has 0 bridgehead atoms. The Labute approximate surface area is 159 Å². The van der Waals surface area contributed by atoms with E-state index in [9.17, 15) is 0 Å². The van der Waals surface area contributed by atoms with E-state index in [0.717, 1.165) is 0 Å². The molecule has 0 saturated heterocycles. The first-order valence-electron chi connectivity index (χ1n) is 10.9. The van der Waals surface area contributed by atoms with E-state index in [0.29, 0.717) is 23.8 Å². The van der Waals surface area contributed by atoms with Crippen LogP contribution in [0.15, 0.2) is 0 Å². The predicted octanol–water partition coefficient (Wildman–Crippen LogP) is 8.26. The van der Waals surface area contributed by atoms with Crippen LogP contribution >= 0.6 is 23.8 Å². The van der Waals surface area contributed by atoms with E-state index in [-0.39, 0.29) is 0 Å². The number of hydrogen-bond donors (Lipinski definition) is 0. The van der Waals surface area contributed by atoms with Gasteiger partial charge in [0.05, 0.1) is 0 Å². The number of hydrogen-bond acceptors (Lipinski definition) is 0. The summed E-state index contributed by atoms with van der Waals surface area (Å²) >= 11 is 0. The molecule has 0 fully saturated rings. The molecule has 0 aromatic heterocycles. The Balaban J connectivity index is 4.05. The quantitative estimate of drug-likeness (QED) is 0.206. The van der Waals surface area contributed by atoms with Gasteiger partial charge in [-0.3, -0.25) is 0 Å². The second-order valence-electron chi connectivity index (χ2n) is 7.23. The molecule has 0 aliphatic heterocycles. The van der Waals surface area contributed by atoms with E-state index < -0.39 is 0 Å². The monoisotopic (exact) mass is 392 g/mol. The predicted molar refractivity (Wildman–Crippen MR) is 125 cm³/mol. The zero-order valence-electron chi connectivity index (χ0n) is 17.7. The van der Waals surface area contributed by atoms with E-state index >= 15 is 0 Å². The van der Waals surface area contributed by atoms with E-state index in [1.807, 2.05) is 0 Å². The second kappa shape index (κ2) is 19.1. The third-order valence-corrected chi connectivity index (χ3v) is 13.8. The van der Waals surface area contributed by atoms with E-state index in [1.165, 1.54) is 56.8 Å². The third kappa shape index (κ3) is 14.5. The van der Waals surface area contributed by atoms with E-state index in [4.69, 9.17) is 0 Å². The van der Waals surface area contributed by atoms with Crippen molar-refractivity contribution in [3.8, 4) is 0 Å². The molecule has 0 heterocycles. The highest BCUT2D eigenvalue weighted by atomic mass is 31.1. The van der Waals surface area contributed by atoms with Gasteiger partial charge in [-0.15, -0.1) is 23.8 Å². The molecule has 0 atom stereocenters. The van der Waals surface area contributed by atoms with Crippen molar-refractivity contribution in [2.24, 2.45) is 0 Å². The third-order valence-electron chi connectivity index (χ3n) is 4.60. The minimum atomic E-state index is 0.362. The molecule has 0 N–H and O–H groups in total. The first-order valence-corrected chi connectivity index (χ1v) is 16.6. The first kappa shape index (κ1) is 25.3. The van der Waals surface area contributed by atoms with Crippen LogP contribution in [-0.4, -0.2) is 55.5 Å². The van der Waals surface area contributed by atoms with Crippen molar-refractivity contribution in [3.05, 3.63) is 0 Å². The van der Waals surface area contributed by atoms with Gasteiger partial charge in [-0.1, -0.05) is 66.7 Å². The summed E-state index contributed by atoms with van der Waals surface area (Å²) in [4.78, 5) is 0. The summed E-state index contributed by atoms with van der Waals surface area (Å²) in [5, 5.41) is 0. The van der Waals surface area contributed by atoms with Crippen molar-refractivity contribution < 1.29 is 0 Å². The maximum Gasteiger partial charge on any atom is -0.0323 e. The van der Waals surface area contributed by atoms with Gasteiger partial charge >= 0.3 is 0 Å². The molecule has 24 heavy (non-hydrogen) atoms. The Hall–Kier alpha value is 1.29. The van der Waals surface area contributed by atoms with Gasteiger partial charge in [0.25, 0.3) is 0 Å². The molecule has 0 unspecified atom stereocenters. The smallest absolute Gasteiger partial charge is 0.0323 e. The lowest BCUT2D eigenvalue weighted by Gasteiger charge is -2.22. The molecule has 146 valence electrons. The van der Waals surface area contributed by atoms with Gasteiger partial charge in [-0.25, -0.2) is 0 Å². The largest absolute Gasteiger partial charge is 0.107 e. The molecule has 0 saturated carbocycles. The summed E-state index contributed by atoms with van der Waals surface area (Å²) in [5.74, 6) is 0. The van der Waals surface area contributed by atoms with Crippen molar-refractivity contribution in [1.29, 1.82) is 0 Å². The molecule has 0 aliphatic rings. The normalized spacial score (nSPS) is 12.0. The molecule has 0 radical (unpaired) electrons. The van der Waals surface area contributed by atoms with Gasteiger partial charge in [-0.05, 0) is 68.3 Å². The van der Waals surface area contributed by atoms with Crippen LogP contribution in [0.3, 0.4) is 0 Å². The maximum absolute atomic E-state index is 2.40. The van der Waals surface area contributed by atoms with Crippen molar-refractivity contribution in [3.63, 3.8) is 0 Å². The summed E-state index contributed by atoms with van der Waals surface area (Å²) in [7, 11) is 1.12. The van der Waals surface area contributed by atoms with Crippen LogP contribution < -0.4 is 0 Å². The fourth-order valence-electron chi connectivity index (χ4n) is 3.62. The van der Waals surface area contributed by atoms with E-state index in [2.05, 4.69) is 34.6 Å². The summed E-state index contributed by atoms with van der Waals surface area (Å²) in [6, 6.07) is 0. The maximum atomic E-state index is 2.40. The molecule has 0 aliphatic carbocycles. The van der Waals surface area contributed by atoms with Gasteiger partial charge < -0.3 is 0 Å². The lowest BCUT2D eigenvalue weighted by molar-refractivity contribution is 0.993. The van der Waals surface area contributed by atoms with E-state index in [1.54, 1.807) is 43.7 Å². The molecular formula is C21H47P3. The molecule has 0 aromatic carbocycles. The summed E-state index contributed by atoms with van der Waals surface area (Å²) in [6.07, 6.45) is 24.2. The molecule has 0 amide bonds. The lowest BCUT2D eigenvalue weighted by Crippen LogP contribution is -2.02. The van der Waals surface area contributed by atoms with Crippen LogP contribution in [0.4, 0.5) is 0 Å². The first-order chi connectivity index (χ1) is 11.7. The molecule has 0 spiro atoms. The van der Waals surface area contributed by atoms with Gasteiger partial charge in [0.1, 0.15) is 0 Å². The van der Waals surface area contributed by atoms with Crippen LogP contribution in [-0.2, 0) is 0 Å². The average molecular weight is 393 g/mol. The average Bonchev–Trinajstić information content (AvgIpc) is 2.55. The molecule has 0 rings (SSSR count). The highest BCUT2D eigenvalue weighted by molar-refractivity contribution is 7.59. The standard InChI is InChI=1S/C21H47P3/c1-6-13-22(14-7-2)18-11-20-24(17-10-5)21-12-19-23(15-8-3)16-9-4/h6-21H2,1-5H3. The lowest BCUT2D eigenvalue weighted by atomic mass is 10.5. The topological polar surface area (TPSA) is 0 Å². The van der Waals surface area contributed by atoms with Gasteiger partial charge in [-0.2, -0.15) is 0 Å².